The van der Waals surface area contributed by atoms with Crippen molar-refractivity contribution in [1.29, 1.82) is 0 Å². The normalized spacial score (nSPS) is 20.9. The Bertz CT molecular complexity index is 915. The lowest BCUT2D eigenvalue weighted by Crippen LogP contribution is -2.41. The molecule has 2 aromatic heterocycles. The van der Waals surface area contributed by atoms with Gasteiger partial charge in [0.05, 0.1) is 23.9 Å². The van der Waals surface area contributed by atoms with Crippen molar-refractivity contribution in [2.24, 2.45) is 5.92 Å². The summed E-state index contributed by atoms with van der Waals surface area (Å²) in [6, 6.07) is 9.73. The molecule has 128 valence electrons. The lowest BCUT2D eigenvalue weighted by molar-refractivity contribution is 0.0235. The van der Waals surface area contributed by atoms with Crippen molar-refractivity contribution < 1.29 is 14.4 Å². The summed E-state index contributed by atoms with van der Waals surface area (Å²) in [5.74, 6) is 0.446. The van der Waals surface area contributed by atoms with Gasteiger partial charge >= 0.3 is 0 Å². The average molecular weight is 337 g/mol. The van der Waals surface area contributed by atoms with Crippen molar-refractivity contribution >= 4 is 16.8 Å². The second kappa shape index (κ2) is 6.29. The fourth-order valence-electron chi connectivity index (χ4n) is 3.37. The van der Waals surface area contributed by atoms with Crippen LogP contribution in [0, 0.1) is 12.8 Å². The number of carbonyl (C=O) groups excluding carboxylic acids is 1. The molecule has 1 fully saturated rings. The first-order valence-electron chi connectivity index (χ1n) is 8.36. The highest BCUT2D eigenvalue weighted by atomic mass is 16.5. The molecule has 3 aromatic rings. The van der Waals surface area contributed by atoms with Crippen molar-refractivity contribution in [3.63, 3.8) is 0 Å². The Hall–Kier alpha value is -2.73. The van der Waals surface area contributed by atoms with Gasteiger partial charge in [0.2, 0.25) is 0 Å². The minimum Gasteiger partial charge on any atom is -0.393 e. The number of pyridine rings is 1. The van der Waals surface area contributed by atoms with Gasteiger partial charge in [0, 0.05) is 11.6 Å². The van der Waals surface area contributed by atoms with E-state index in [4.69, 9.17) is 4.52 Å². The SMILES string of the molecule is Cc1oncc1C(=O)N[C@@H](c1cnc2ccccc2c1)C1CC(O)C1. The summed E-state index contributed by atoms with van der Waals surface area (Å²) in [5.41, 5.74) is 2.29. The van der Waals surface area contributed by atoms with Crippen molar-refractivity contribution in [2.75, 3.05) is 0 Å². The molecule has 2 N–H and O–H groups in total. The van der Waals surface area contributed by atoms with Crippen LogP contribution in [0.15, 0.2) is 47.2 Å². The highest BCUT2D eigenvalue weighted by Crippen LogP contribution is 2.38. The maximum absolute atomic E-state index is 12.6. The largest absolute Gasteiger partial charge is 0.393 e. The summed E-state index contributed by atoms with van der Waals surface area (Å²) in [4.78, 5) is 17.1. The molecule has 0 saturated heterocycles. The van der Waals surface area contributed by atoms with Crippen molar-refractivity contribution in [2.45, 2.75) is 31.9 Å². The molecule has 1 aliphatic carbocycles. The molecule has 0 bridgehead atoms. The Morgan fingerprint density at radius 1 is 1.32 bits per heavy atom. The molecule has 1 amide bonds. The van der Waals surface area contributed by atoms with Crippen LogP contribution in [-0.2, 0) is 0 Å². The third-order valence-corrected chi connectivity index (χ3v) is 4.87. The molecule has 6 heteroatoms. The number of aryl methyl sites for hydroxylation is 1. The van der Waals surface area contributed by atoms with Gasteiger partial charge in [-0.05, 0) is 43.4 Å². The van der Waals surface area contributed by atoms with Crippen LogP contribution in [0.5, 0.6) is 0 Å². The van der Waals surface area contributed by atoms with E-state index in [2.05, 4.69) is 21.5 Å². The van der Waals surface area contributed by atoms with Gasteiger partial charge in [-0.1, -0.05) is 23.4 Å². The standard InChI is InChI=1S/C19H19N3O3/c1-11-16(10-21-25-11)19(24)22-18(13-7-15(23)8-13)14-6-12-4-2-3-5-17(12)20-9-14/h2-6,9-10,13,15,18,23H,7-8H2,1H3,(H,22,24)/t13?,15?,18-/m1/s1. The van der Waals surface area contributed by atoms with E-state index in [0.717, 1.165) is 16.5 Å². The van der Waals surface area contributed by atoms with E-state index in [9.17, 15) is 9.90 Å². The van der Waals surface area contributed by atoms with Crippen LogP contribution in [0.25, 0.3) is 10.9 Å². The molecule has 1 aliphatic rings. The van der Waals surface area contributed by atoms with Gasteiger partial charge in [0.15, 0.2) is 0 Å². The number of aromatic nitrogens is 2. The number of nitrogens with zero attached hydrogens (tertiary/aromatic N) is 2. The zero-order chi connectivity index (χ0) is 17.4. The smallest absolute Gasteiger partial charge is 0.257 e. The molecule has 0 aliphatic heterocycles. The summed E-state index contributed by atoms with van der Waals surface area (Å²) in [5, 5.41) is 17.5. The molecule has 6 nitrogen and oxygen atoms in total. The molecule has 2 heterocycles. The highest BCUT2D eigenvalue weighted by Gasteiger charge is 2.36. The number of carbonyl (C=O) groups is 1. The van der Waals surface area contributed by atoms with Gasteiger partial charge in [-0.3, -0.25) is 9.78 Å². The molecule has 25 heavy (non-hydrogen) atoms. The number of aliphatic hydroxyl groups excluding tert-OH is 1. The number of fused-ring (bicyclic) bond motifs is 1. The highest BCUT2D eigenvalue weighted by molar-refractivity contribution is 5.95. The zero-order valence-electron chi connectivity index (χ0n) is 13.8. The average Bonchev–Trinajstić information content (AvgIpc) is 3.03. The van der Waals surface area contributed by atoms with Crippen LogP contribution in [-0.4, -0.2) is 27.3 Å². The number of aliphatic hydroxyl groups is 1. The van der Waals surface area contributed by atoms with Crippen LogP contribution < -0.4 is 5.32 Å². The van der Waals surface area contributed by atoms with E-state index in [1.165, 1.54) is 6.20 Å². The lowest BCUT2D eigenvalue weighted by atomic mass is 9.75. The number of rotatable bonds is 4. The first-order chi connectivity index (χ1) is 12.1. The maximum Gasteiger partial charge on any atom is 0.257 e. The summed E-state index contributed by atoms with van der Waals surface area (Å²) >= 11 is 0. The lowest BCUT2D eigenvalue weighted by Gasteiger charge is -2.38. The molecule has 0 radical (unpaired) electrons. The second-order valence-electron chi connectivity index (χ2n) is 6.59. The molecule has 0 unspecified atom stereocenters. The van der Waals surface area contributed by atoms with E-state index in [1.54, 1.807) is 13.1 Å². The van der Waals surface area contributed by atoms with Crippen molar-refractivity contribution in [3.05, 3.63) is 59.6 Å². The fourth-order valence-corrected chi connectivity index (χ4v) is 3.37. The second-order valence-corrected chi connectivity index (χ2v) is 6.59. The Kier molecular flexibility index (Phi) is 3.97. The van der Waals surface area contributed by atoms with Crippen LogP contribution in [0.3, 0.4) is 0 Å². The number of amides is 1. The Balaban J connectivity index is 1.65. The third kappa shape index (κ3) is 3.00. The first kappa shape index (κ1) is 15.8. The van der Waals surface area contributed by atoms with E-state index >= 15 is 0 Å². The number of nitrogens with one attached hydrogen (secondary N) is 1. The molecule has 1 aromatic carbocycles. The number of hydrogen-bond acceptors (Lipinski definition) is 5. The van der Waals surface area contributed by atoms with Crippen molar-refractivity contribution in [3.8, 4) is 0 Å². The minimum absolute atomic E-state index is 0.182. The Labute approximate surface area is 144 Å². The zero-order valence-corrected chi connectivity index (χ0v) is 13.8. The first-order valence-corrected chi connectivity index (χ1v) is 8.36. The van der Waals surface area contributed by atoms with Crippen LogP contribution in [0.4, 0.5) is 0 Å². The topological polar surface area (TPSA) is 88.3 Å². The monoisotopic (exact) mass is 337 g/mol. The fraction of sp³-hybridized carbons (Fsp3) is 0.316. The number of hydrogen-bond donors (Lipinski definition) is 2. The molecule has 0 spiro atoms. The summed E-state index contributed by atoms with van der Waals surface area (Å²) < 4.78 is 4.99. The van der Waals surface area contributed by atoms with E-state index < -0.39 is 0 Å². The van der Waals surface area contributed by atoms with Gasteiger partial charge in [0.1, 0.15) is 11.3 Å². The summed E-state index contributed by atoms with van der Waals surface area (Å²) in [6.45, 7) is 1.71. The molecule has 1 atom stereocenters. The Morgan fingerprint density at radius 3 is 2.84 bits per heavy atom. The van der Waals surface area contributed by atoms with E-state index in [-0.39, 0.29) is 24.0 Å². The van der Waals surface area contributed by atoms with Gasteiger partial charge in [-0.25, -0.2) is 0 Å². The predicted octanol–water partition coefficient (Wildman–Crippen LogP) is 2.77. The summed E-state index contributed by atoms with van der Waals surface area (Å²) in [6.07, 6.45) is 4.27. The van der Waals surface area contributed by atoms with Gasteiger partial charge in [0.25, 0.3) is 5.91 Å². The van der Waals surface area contributed by atoms with Crippen LogP contribution >= 0.6 is 0 Å². The van der Waals surface area contributed by atoms with E-state index in [1.807, 2.05) is 24.3 Å². The van der Waals surface area contributed by atoms with Crippen LogP contribution in [0.1, 0.15) is 40.6 Å². The van der Waals surface area contributed by atoms with Crippen LogP contribution in [0.2, 0.25) is 0 Å². The Morgan fingerprint density at radius 2 is 2.12 bits per heavy atom. The maximum atomic E-state index is 12.6. The molecular formula is C19H19N3O3. The molecule has 4 rings (SSSR count). The van der Waals surface area contributed by atoms with Gasteiger partial charge in [-0.15, -0.1) is 0 Å². The number of para-hydroxylation sites is 1. The van der Waals surface area contributed by atoms with Gasteiger partial charge < -0.3 is 14.9 Å². The minimum atomic E-state index is -0.296. The quantitative estimate of drug-likeness (QED) is 0.764. The van der Waals surface area contributed by atoms with E-state index in [0.29, 0.717) is 24.2 Å². The molecule has 1 saturated carbocycles. The van der Waals surface area contributed by atoms with Gasteiger partial charge in [-0.2, -0.15) is 0 Å². The predicted molar refractivity (Wildman–Crippen MR) is 91.9 cm³/mol. The van der Waals surface area contributed by atoms with Crippen molar-refractivity contribution in [1.82, 2.24) is 15.5 Å². The number of benzene rings is 1. The molecular weight excluding hydrogens is 318 g/mol. The third-order valence-electron chi connectivity index (χ3n) is 4.87. The summed E-state index contributed by atoms with van der Waals surface area (Å²) in [7, 11) is 0.